The first-order valence-corrected chi connectivity index (χ1v) is 11.2. The van der Waals surface area contributed by atoms with Crippen LogP contribution >= 0.6 is 11.3 Å². The molecule has 0 aliphatic rings. The minimum atomic E-state index is -0.229. The number of amides is 2. The Hall–Kier alpha value is -3.89. The topological polar surface area (TPSA) is 115 Å². The second-order valence-electron chi connectivity index (χ2n) is 7.39. The quantitative estimate of drug-likeness (QED) is 0.397. The fourth-order valence-electron chi connectivity index (χ4n) is 3.43. The van der Waals surface area contributed by atoms with E-state index in [2.05, 4.69) is 25.6 Å². The van der Waals surface area contributed by atoms with Crippen LogP contribution in [-0.4, -0.2) is 41.0 Å². The predicted octanol–water partition coefficient (Wildman–Crippen LogP) is 3.73. The number of nitrogens with one attached hydrogen (secondary N) is 2. The molecule has 0 atom stereocenters. The van der Waals surface area contributed by atoms with Crippen LogP contribution in [0.5, 0.6) is 5.88 Å². The first-order valence-electron chi connectivity index (χ1n) is 10.4. The van der Waals surface area contributed by atoms with E-state index in [-0.39, 0.29) is 18.4 Å². The Kier molecular flexibility index (Phi) is 7.09. The van der Waals surface area contributed by atoms with Crippen LogP contribution in [-0.2, 0) is 17.9 Å². The van der Waals surface area contributed by atoms with Crippen LogP contribution in [0.4, 0.5) is 5.69 Å². The minimum Gasteiger partial charge on any atom is -0.480 e. The molecule has 3 aromatic heterocycles. The highest BCUT2D eigenvalue weighted by Gasteiger charge is 2.21. The summed E-state index contributed by atoms with van der Waals surface area (Å²) in [6, 6.07) is 10.6. The predicted molar refractivity (Wildman–Crippen MR) is 129 cm³/mol. The van der Waals surface area contributed by atoms with Crippen LogP contribution in [0.25, 0.3) is 10.2 Å². The number of benzene rings is 1. The van der Waals surface area contributed by atoms with Crippen molar-refractivity contribution in [2.45, 2.75) is 20.1 Å². The zero-order valence-electron chi connectivity index (χ0n) is 18.9. The zero-order chi connectivity index (χ0) is 24.1. The first-order chi connectivity index (χ1) is 16.5. The molecule has 1 aromatic carbocycles. The molecule has 10 heteroatoms. The van der Waals surface area contributed by atoms with E-state index in [1.54, 1.807) is 37.7 Å². The maximum absolute atomic E-state index is 13.0. The number of nitrogens with zero attached hydrogens (tertiary/aromatic N) is 3. The fourth-order valence-corrected chi connectivity index (χ4v) is 4.54. The van der Waals surface area contributed by atoms with E-state index in [0.29, 0.717) is 39.2 Å². The summed E-state index contributed by atoms with van der Waals surface area (Å²) in [6.45, 7) is 2.40. The van der Waals surface area contributed by atoms with Crippen molar-refractivity contribution >= 4 is 39.1 Å². The molecule has 0 unspecified atom stereocenters. The van der Waals surface area contributed by atoms with Gasteiger partial charge in [0.1, 0.15) is 11.4 Å². The number of thiophene rings is 1. The zero-order valence-corrected chi connectivity index (χ0v) is 19.7. The summed E-state index contributed by atoms with van der Waals surface area (Å²) in [6.07, 6.45) is 3.13. The van der Waals surface area contributed by atoms with Crippen LogP contribution in [0.3, 0.4) is 0 Å². The fraction of sp³-hybridized carbons (Fsp3) is 0.208. The molecular formula is C24H23N5O4S. The highest BCUT2D eigenvalue weighted by Crippen LogP contribution is 2.35. The molecule has 174 valence electrons. The van der Waals surface area contributed by atoms with Crippen LogP contribution in [0.15, 0.2) is 48.8 Å². The number of ether oxygens (including phenoxy) is 2. The van der Waals surface area contributed by atoms with Gasteiger partial charge in [-0.15, -0.1) is 11.3 Å². The largest absolute Gasteiger partial charge is 0.480 e. The number of hydrogen-bond acceptors (Lipinski definition) is 8. The van der Waals surface area contributed by atoms with Crippen molar-refractivity contribution in [3.63, 3.8) is 0 Å². The van der Waals surface area contributed by atoms with Crippen molar-refractivity contribution in [3.8, 4) is 5.88 Å². The maximum atomic E-state index is 13.0. The molecule has 2 amide bonds. The number of pyridine rings is 1. The molecule has 2 N–H and O–H groups in total. The molecule has 3 heterocycles. The average molecular weight is 478 g/mol. The van der Waals surface area contributed by atoms with E-state index in [0.717, 1.165) is 16.5 Å². The van der Waals surface area contributed by atoms with Gasteiger partial charge in [-0.2, -0.15) is 4.98 Å². The lowest BCUT2D eigenvalue weighted by Crippen LogP contribution is -2.22. The third kappa shape index (κ3) is 5.03. The number of aromatic nitrogens is 3. The van der Waals surface area contributed by atoms with E-state index >= 15 is 0 Å². The number of methoxy groups -OCH3 is 2. The highest BCUT2D eigenvalue weighted by atomic mass is 32.1. The molecule has 0 spiro atoms. The number of fused-ring (bicyclic) bond motifs is 1. The average Bonchev–Trinajstić information content (AvgIpc) is 3.19. The molecule has 0 aliphatic carbocycles. The smallest absolute Gasteiger partial charge is 0.261 e. The van der Waals surface area contributed by atoms with Crippen LogP contribution in [0, 0.1) is 6.92 Å². The lowest BCUT2D eigenvalue weighted by Gasteiger charge is -2.09. The Morgan fingerprint density at radius 1 is 1.06 bits per heavy atom. The van der Waals surface area contributed by atoms with Gasteiger partial charge < -0.3 is 20.1 Å². The molecule has 0 aliphatic heterocycles. The van der Waals surface area contributed by atoms with E-state index in [1.165, 1.54) is 18.4 Å². The number of hydrogen-bond donors (Lipinski definition) is 2. The molecule has 0 fully saturated rings. The van der Waals surface area contributed by atoms with Crippen molar-refractivity contribution in [3.05, 3.63) is 76.2 Å². The Morgan fingerprint density at radius 2 is 1.85 bits per heavy atom. The van der Waals surface area contributed by atoms with Gasteiger partial charge in [0.05, 0.1) is 17.4 Å². The molecule has 4 rings (SSSR count). The lowest BCUT2D eigenvalue weighted by molar-refractivity contribution is 0.0953. The van der Waals surface area contributed by atoms with Gasteiger partial charge in [-0.05, 0) is 42.3 Å². The molecule has 9 nitrogen and oxygen atoms in total. The summed E-state index contributed by atoms with van der Waals surface area (Å²) in [5, 5.41) is 6.52. The van der Waals surface area contributed by atoms with Gasteiger partial charge in [0.25, 0.3) is 11.8 Å². The van der Waals surface area contributed by atoms with Crippen LogP contribution in [0.2, 0.25) is 0 Å². The summed E-state index contributed by atoms with van der Waals surface area (Å²) >= 11 is 1.29. The summed E-state index contributed by atoms with van der Waals surface area (Å²) in [5.74, 6) is 0.461. The monoisotopic (exact) mass is 477 g/mol. The molecule has 0 bridgehead atoms. The molecular weight excluding hydrogens is 454 g/mol. The molecule has 0 saturated carbocycles. The van der Waals surface area contributed by atoms with Crippen LogP contribution < -0.4 is 15.4 Å². The van der Waals surface area contributed by atoms with Crippen molar-refractivity contribution in [1.82, 2.24) is 20.3 Å². The van der Waals surface area contributed by atoms with E-state index in [9.17, 15) is 9.59 Å². The van der Waals surface area contributed by atoms with Crippen molar-refractivity contribution in [1.29, 1.82) is 0 Å². The Labute approximate surface area is 200 Å². The number of anilines is 1. The third-order valence-electron chi connectivity index (χ3n) is 5.06. The van der Waals surface area contributed by atoms with Gasteiger partial charge in [0, 0.05) is 37.3 Å². The van der Waals surface area contributed by atoms with Gasteiger partial charge in [0.2, 0.25) is 5.88 Å². The molecule has 4 aromatic rings. The van der Waals surface area contributed by atoms with Crippen molar-refractivity contribution < 1.29 is 19.1 Å². The normalized spacial score (nSPS) is 10.8. The lowest BCUT2D eigenvalue weighted by atomic mass is 10.1. The van der Waals surface area contributed by atoms with Crippen LogP contribution in [0.1, 0.15) is 37.0 Å². The number of carbonyl (C=O) groups excluding carboxylic acids is 2. The number of rotatable bonds is 8. The van der Waals surface area contributed by atoms with Gasteiger partial charge in [0.15, 0.2) is 5.82 Å². The second-order valence-corrected chi connectivity index (χ2v) is 8.39. The second kappa shape index (κ2) is 10.4. The minimum absolute atomic E-state index is 0.220. The Balaban J connectivity index is 1.48. The van der Waals surface area contributed by atoms with Gasteiger partial charge in [-0.1, -0.05) is 12.1 Å². The number of aryl methyl sites for hydroxylation is 1. The summed E-state index contributed by atoms with van der Waals surface area (Å²) in [4.78, 5) is 39.4. The summed E-state index contributed by atoms with van der Waals surface area (Å²) < 4.78 is 10.5. The molecule has 0 radical (unpaired) electrons. The van der Waals surface area contributed by atoms with E-state index in [4.69, 9.17) is 9.47 Å². The van der Waals surface area contributed by atoms with Crippen molar-refractivity contribution in [2.24, 2.45) is 0 Å². The standard InChI is InChI=1S/C24H23N5O4S/c1-14-19-23(33-3)28-18(13-32-2)29-24(19)34-20(14)22(31)26-12-15-5-4-6-17(11-15)27-21(30)16-7-9-25-10-8-16/h4-11H,12-13H2,1-3H3,(H,26,31)(H,27,30). The number of carbonyl (C=O) groups is 2. The van der Waals surface area contributed by atoms with Gasteiger partial charge in [-0.25, -0.2) is 4.98 Å². The van der Waals surface area contributed by atoms with Gasteiger partial charge >= 0.3 is 0 Å². The third-order valence-corrected chi connectivity index (χ3v) is 6.24. The summed E-state index contributed by atoms with van der Waals surface area (Å²) in [5.41, 5.74) is 2.76. The summed E-state index contributed by atoms with van der Waals surface area (Å²) in [7, 11) is 3.10. The Morgan fingerprint density at radius 3 is 2.59 bits per heavy atom. The Bertz CT molecular complexity index is 1340. The van der Waals surface area contributed by atoms with Gasteiger partial charge in [-0.3, -0.25) is 14.6 Å². The first kappa shape index (κ1) is 23.3. The van der Waals surface area contributed by atoms with E-state index in [1.807, 2.05) is 25.1 Å². The molecule has 0 saturated heterocycles. The molecule has 34 heavy (non-hydrogen) atoms. The van der Waals surface area contributed by atoms with E-state index < -0.39 is 0 Å². The van der Waals surface area contributed by atoms with Crippen molar-refractivity contribution in [2.75, 3.05) is 19.5 Å². The highest BCUT2D eigenvalue weighted by molar-refractivity contribution is 7.20. The SMILES string of the molecule is COCc1nc(OC)c2c(C)c(C(=O)NCc3cccc(NC(=O)c4ccncc4)c3)sc2n1. The maximum Gasteiger partial charge on any atom is 0.261 e.